The van der Waals surface area contributed by atoms with E-state index < -0.39 is 0 Å². The number of carbonyl (C=O) groups is 1. The van der Waals surface area contributed by atoms with E-state index in [0.29, 0.717) is 12.3 Å². The van der Waals surface area contributed by atoms with Crippen molar-refractivity contribution in [1.29, 1.82) is 0 Å². The minimum absolute atomic E-state index is 0.276. The average molecular weight is 274 g/mol. The van der Waals surface area contributed by atoms with Crippen molar-refractivity contribution in [2.24, 2.45) is 0 Å². The Bertz CT molecular complexity index is 535. The zero-order valence-corrected chi connectivity index (χ0v) is 11.6. The Morgan fingerprint density at radius 3 is 2.65 bits per heavy atom. The summed E-state index contributed by atoms with van der Waals surface area (Å²) in [6.45, 7) is 2.33. The number of anilines is 1. The van der Waals surface area contributed by atoms with Gasteiger partial charge in [0, 0.05) is 12.8 Å². The lowest BCUT2D eigenvalue weighted by molar-refractivity contribution is 0.0855. The molecule has 0 bridgehead atoms. The molecule has 1 unspecified atom stereocenters. The molecule has 0 aliphatic carbocycles. The number of rotatable bonds is 5. The van der Waals surface area contributed by atoms with Gasteiger partial charge < -0.3 is 19.8 Å². The van der Waals surface area contributed by atoms with Gasteiger partial charge in [-0.3, -0.25) is 0 Å². The molecule has 1 heterocycles. The molecule has 2 rings (SSSR count). The molecule has 0 saturated carbocycles. The van der Waals surface area contributed by atoms with Crippen LogP contribution in [-0.2, 0) is 4.74 Å². The molecule has 0 radical (unpaired) electrons. The summed E-state index contributed by atoms with van der Waals surface area (Å²) in [7, 11) is 1.58. The predicted octanol–water partition coefficient (Wildman–Crippen LogP) is 3.10. The molecule has 5 heteroatoms. The van der Waals surface area contributed by atoms with E-state index in [0.717, 1.165) is 11.3 Å². The second kappa shape index (κ2) is 6.77. The topological polar surface area (TPSA) is 63.5 Å². The number of carbonyl (C=O) groups excluding carboxylic acids is 1. The highest BCUT2D eigenvalue weighted by Gasteiger charge is 2.14. The number of aryl methyl sites for hydroxylation is 1. The Kier molecular flexibility index (Phi) is 4.79. The van der Waals surface area contributed by atoms with Gasteiger partial charge in [-0.05, 0) is 31.2 Å². The highest BCUT2D eigenvalue weighted by atomic mass is 16.5. The largest absolute Gasteiger partial charge is 0.467 e. The van der Waals surface area contributed by atoms with E-state index in [4.69, 9.17) is 9.15 Å². The molecule has 0 aliphatic heterocycles. The van der Waals surface area contributed by atoms with Gasteiger partial charge in [-0.25, -0.2) is 4.79 Å². The first-order valence-corrected chi connectivity index (χ1v) is 6.37. The van der Waals surface area contributed by atoms with Crippen LogP contribution in [0.25, 0.3) is 0 Å². The molecule has 1 aromatic carbocycles. The third kappa shape index (κ3) is 3.86. The van der Waals surface area contributed by atoms with E-state index in [1.807, 2.05) is 37.3 Å². The van der Waals surface area contributed by atoms with Crippen LogP contribution in [0.4, 0.5) is 10.5 Å². The number of hydrogen-bond acceptors (Lipinski definition) is 3. The highest BCUT2D eigenvalue weighted by Crippen LogP contribution is 2.15. The number of furan rings is 1. The second-order valence-corrected chi connectivity index (χ2v) is 4.44. The molecule has 20 heavy (non-hydrogen) atoms. The van der Waals surface area contributed by atoms with Crippen molar-refractivity contribution >= 4 is 11.7 Å². The molecule has 5 nitrogen and oxygen atoms in total. The maximum Gasteiger partial charge on any atom is 0.319 e. The molecule has 0 aliphatic rings. The molecule has 2 aromatic rings. The molecule has 106 valence electrons. The number of nitrogens with one attached hydrogen (secondary N) is 2. The van der Waals surface area contributed by atoms with Crippen LogP contribution in [0.1, 0.15) is 17.4 Å². The van der Waals surface area contributed by atoms with Crippen molar-refractivity contribution in [1.82, 2.24) is 5.32 Å². The number of urea groups is 1. The van der Waals surface area contributed by atoms with Gasteiger partial charge in [0.1, 0.15) is 11.9 Å². The van der Waals surface area contributed by atoms with Crippen LogP contribution >= 0.6 is 0 Å². The van der Waals surface area contributed by atoms with E-state index in [-0.39, 0.29) is 12.1 Å². The summed E-state index contributed by atoms with van der Waals surface area (Å²) in [5.74, 6) is 0.683. The van der Waals surface area contributed by atoms with Gasteiger partial charge in [-0.2, -0.15) is 0 Å². The van der Waals surface area contributed by atoms with Crippen LogP contribution in [0.5, 0.6) is 0 Å². The maximum atomic E-state index is 11.8. The summed E-state index contributed by atoms with van der Waals surface area (Å²) < 4.78 is 10.5. The molecule has 1 aromatic heterocycles. The molecule has 1 atom stereocenters. The minimum atomic E-state index is -0.297. The Hall–Kier alpha value is -2.27. The van der Waals surface area contributed by atoms with E-state index >= 15 is 0 Å². The Labute approximate surface area is 117 Å². The van der Waals surface area contributed by atoms with Gasteiger partial charge in [0.25, 0.3) is 0 Å². The SMILES string of the molecule is COC(CNC(=O)Nc1ccc(C)cc1)c1ccco1. The van der Waals surface area contributed by atoms with Crippen molar-refractivity contribution in [3.8, 4) is 0 Å². The molecule has 2 N–H and O–H groups in total. The van der Waals surface area contributed by atoms with Crippen LogP contribution in [0.2, 0.25) is 0 Å². The van der Waals surface area contributed by atoms with Gasteiger partial charge in [-0.15, -0.1) is 0 Å². The fraction of sp³-hybridized carbons (Fsp3) is 0.267. The normalized spacial score (nSPS) is 11.9. The van der Waals surface area contributed by atoms with Crippen LogP contribution in [-0.4, -0.2) is 19.7 Å². The van der Waals surface area contributed by atoms with Gasteiger partial charge in [0.15, 0.2) is 0 Å². The van der Waals surface area contributed by atoms with Crippen molar-refractivity contribution in [3.05, 3.63) is 54.0 Å². The van der Waals surface area contributed by atoms with Crippen LogP contribution < -0.4 is 10.6 Å². The van der Waals surface area contributed by atoms with Gasteiger partial charge in [0.2, 0.25) is 0 Å². The van der Waals surface area contributed by atoms with E-state index in [1.54, 1.807) is 19.4 Å². The lowest BCUT2D eigenvalue weighted by atomic mass is 10.2. The fourth-order valence-electron chi connectivity index (χ4n) is 1.77. The third-order valence-electron chi connectivity index (χ3n) is 2.90. The van der Waals surface area contributed by atoms with E-state index in [2.05, 4.69) is 10.6 Å². The van der Waals surface area contributed by atoms with Crippen LogP contribution in [0.15, 0.2) is 47.1 Å². The molecule has 0 fully saturated rings. The number of ether oxygens (including phenoxy) is 1. The second-order valence-electron chi connectivity index (χ2n) is 4.44. The molecular weight excluding hydrogens is 256 g/mol. The molecular formula is C15H18N2O3. The first-order valence-electron chi connectivity index (χ1n) is 6.37. The number of hydrogen-bond donors (Lipinski definition) is 2. The van der Waals surface area contributed by atoms with Gasteiger partial charge in [0.05, 0.1) is 12.8 Å². The lowest BCUT2D eigenvalue weighted by Gasteiger charge is -2.14. The lowest BCUT2D eigenvalue weighted by Crippen LogP contribution is -2.32. The fourth-order valence-corrected chi connectivity index (χ4v) is 1.77. The number of methoxy groups -OCH3 is 1. The smallest absolute Gasteiger partial charge is 0.319 e. The van der Waals surface area contributed by atoms with Crippen molar-refractivity contribution in [3.63, 3.8) is 0 Å². The standard InChI is InChI=1S/C15H18N2O3/c1-11-5-7-12(8-6-11)17-15(18)16-10-14(19-2)13-4-3-9-20-13/h3-9,14H,10H2,1-2H3,(H2,16,17,18). The summed E-state index contributed by atoms with van der Waals surface area (Å²) in [6, 6.07) is 10.9. The first kappa shape index (κ1) is 14.1. The van der Waals surface area contributed by atoms with E-state index in [1.165, 1.54) is 0 Å². The average Bonchev–Trinajstić information content (AvgIpc) is 2.96. The van der Waals surface area contributed by atoms with Crippen LogP contribution in [0, 0.1) is 6.92 Å². The Balaban J connectivity index is 1.84. The van der Waals surface area contributed by atoms with Gasteiger partial charge in [-0.1, -0.05) is 17.7 Å². The summed E-state index contributed by atoms with van der Waals surface area (Å²) >= 11 is 0. The first-order chi connectivity index (χ1) is 9.69. The van der Waals surface area contributed by atoms with Crippen LogP contribution in [0.3, 0.4) is 0 Å². The predicted molar refractivity (Wildman–Crippen MR) is 76.7 cm³/mol. The quantitative estimate of drug-likeness (QED) is 0.880. The zero-order valence-electron chi connectivity index (χ0n) is 11.6. The molecule has 0 spiro atoms. The molecule has 2 amide bonds. The van der Waals surface area contributed by atoms with Crippen molar-refractivity contribution < 1.29 is 13.9 Å². The number of amides is 2. The Morgan fingerprint density at radius 2 is 2.05 bits per heavy atom. The molecule has 0 saturated heterocycles. The Morgan fingerprint density at radius 1 is 1.30 bits per heavy atom. The monoisotopic (exact) mass is 274 g/mol. The zero-order chi connectivity index (χ0) is 14.4. The highest BCUT2D eigenvalue weighted by molar-refractivity contribution is 5.89. The number of benzene rings is 1. The van der Waals surface area contributed by atoms with E-state index in [9.17, 15) is 4.79 Å². The summed E-state index contributed by atoms with van der Waals surface area (Å²) in [4.78, 5) is 11.8. The maximum absolute atomic E-state index is 11.8. The van der Waals surface area contributed by atoms with Crippen molar-refractivity contribution in [2.75, 3.05) is 19.0 Å². The van der Waals surface area contributed by atoms with Gasteiger partial charge >= 0.3 is 6.03 Å². The summed E-state index contributed by atoms with van der Waals surface area (Å²) in [5, 5.41) is 5.51. The summed E-state index contributed by atoms with van der Waals surface area (Å²) in [5.41, 5.74) is 1.90. The minimum Gasteiger partial charge on any atom is -0.467 e. The third-order valence-corrected chi connectivity index (χ3v) is 2.90. The summed E-state index contributed by atoms with van der Waals surface area (Å²) in [6.07, 6.45) is 1.28. The van der Waals surface area contributed by atoms with Crippen molar-refractivity contribution in [2.45, 2.75) is 13.0 Å².